The SMILES string of the molecule is C.C.C.C.CC(C)(C)C.CC(C)(C)c1cc(O)c(O)c(O)c1.CC(C)(C)c1ccc(O)cc1.CC(C)C. The van der Waals surface area contributed by atoms with Crippen LogP contribution in [-0.2, 0) is 10.8 Å². The van der Waals surface area contributed by atoms with E-state index in [1.807, 2.05) is 32.9 Å². The average Bonchev–Trinajstić information content (AvgIpc) is 2.56. The number of rotatable bonds is 0. The molecule has 0 bridgehead atoms. The highest BCUT2D eigenvalue weighted by molar-refractivity contribution is 5.52. The zero-order valence-electron chi connectivity index (χ0n) is 23.3. The summed E-state index contributed by atoms with van der Waals surface area (Å²) in [5.74, 6) is 0.126. The van der Waals surface area contributed by atoms with Gasteiger partial charge in [0.05, 0.1) is 0 Å². The highest BCUT2D eigenvalue weighted by atomic mass is 16.3. The second kappa shape index (κ2) is 19.7. The van der Waals surface area contributed by atoms with E-state index in [9.17, 15) is 10.2 Å². The lowest BCUT2D eigenvalue weighted by Crippen LogP contribution is -2.10. The van der Waals surface area contributed by atoms with E-state index in [2.05, 4.69) is 69.2 Å². The molecule has 0 unspecified atom stereocenters. The van der Waals surface area contributed by atoms with Crippen LogP contribution in [0.1, 0.15) is 131 Å². The van der Waals surface area contributed by atoms with Crippen molar-refractivity contribution in [3.05, 3.63) is 47.5 Å². The molecule has 2 aromatic carbocycles. The van der Waals surface area contributed by atoms with Crippen molar-refractivity contribution in [3.63, 3.8) is 0 Å². The minimum Gasteiger partial charge on any atom is -0.508 e. The highest BCUT2D eigenvalue weighted by Crippen LogP contribution is 2.38. The van der Waals surface area contributed by atoms with Gasteiger partial charge in [0.1, 0.15) is 5.75 Å². The number of hydrogen-bond acceptors (Lipinski definition) is 4. The number of phenols is 4. The van der Waals surface area contributed by atoms with Gasteiger partial charge in [-0.1, -0.05) is 132 Å². The zero-order chi connectivity index (χ0) is 26.8. The summed E-state index contributed by atoms with van der Waals surface area (Å²) in [6.07, 6.45) is 0. The maximum atomic E-state index is 9.23. The van der Waals surface area contributed by atoms with Gasteiger partial charge in [0.2, 0.25) is 0 Å². The van der Waals surface area contributed by atoms with E-state index in [1.54, 1.807) is 12.1 Å². The largest absolute Gasteiger partial charge is 0.508 e. The lowest BCUT2D eigenvalue weighted by atomic mass is 9.87. The zero-order valence-corrected chi connectivity index (χ0v) is 23.3. The molecule has 0 spiro atoms. The first-order valence-corrected chi connectivity index (χ1v) is 11.6. The lowest BCUT2D eigenvalue weighted by Gasteiger charge is -2.19. The van der Waals surface area contributed by atoms with Gasteiger partial charge in [-0.3, -0.25) is 0 Å². The van der Waals surface area contributed by atoms with Gasteiger partial charge in [-0.05, 0) is 57.6 Å². The fraction of sp³-hybridized carbons (Fsp3) is 0.636. The Kier molecular flexibility index (Phi) is 25.5. The van der Waals surface area contributed by atoms with E-state index >= 15 is 0 Å². The van der Waals surface area contributed by atoms with Gasteiger partial charge in [0.25, 0.3) is 0 Å². The summed E-state index contributed by atoms with van der Waals surface area (Å²) in [5, 5.41) is 36.6. The van der Waals surface area contributed by atoms with Crippen LogP contribution in [0.25, 0.3) is 0 Å². The van der Waals surface area contributed by atoms with Gasteiger partial charge in [0.15, 0.2) is 17.2 Å². The Labute approximate surface area is 232 Å². The number of benzene rings is 2. The van der Waals surface area contributed by atoms with Gasteiger partial charge in [-0.25, -0.2) is 0 Å². The van der Waals surface area contributed by atoms with E-state index in [-0.39, 0.29) is 52.0 Å². The predicted molar refractivity (Wildman–Crippen MR) is 170 cm³/mol. The molecule has 4 N–H and O–H groups in total. The second-order valence-electron chi connectivity index (χ2n) is 12.6. The summed E-state index contributed by atoms with van der Waals surface area (Å²) >= 11 is 0. The van der Waals surface area contributed by atoms with Crippen molar-refractivity contribution in [2.45, 2.75) is 131 Å². The van der Waals surface area contributed by atoms with Gasteiger partial charge < -0.3 is 20.4 Å². The van der Waals surface area contributed by atoms with Crippen molar-refractivity contribution in [2.24, 2.45) is 11.3 Å². The minimum atomic E-state index is -0.465. The minimum absolute atomic E-state index is 0. The van der Waals surface area contributed by atoms with Crippen LogP contribution >= 0.6 is 0 Å². The monoisotopic (exact) mass is 526 g/mol. The second-order valence-corrected chi connectivity index (χ2v) is 12.6. The molecule has 0 aliphatic heterocycles. The van der Waals surface area contributed by atoms with Crippen molar-refractivity contribution in [1.82, 2.24) is 0 Å². The van der Waals surface area contributed by atoms with Crippen LogP contribution in [0, 0.1) is 11.3 Å². The Hall–Kier alpha value is -2.36. The van der Waals surface area contributed by atoms with E-state index in [4.69, 9.17) is 10.2 Å². The highest BCUT2D eigenvalue weighted by Gasteiger charge is 2.18. The van der Waals surface area contributed by atoms with Crippen LogP contribution in [0.15, 0.2) is 36.4 Å². The Morgan fingerprint density at radius 3 is 0.973 bits per heavy atom. The molecule has 2 rings (SSSR count). The lowest BCUT2D eigenvalue weighted by molar-refractivity contribution is 0.365. The Morgan fingerprint density at radius 2 is 0.757 bits per heavy atom. The van der Waals surface area contributed by atoms with Gasteiger partial charge in [-0.2, -0.15) is 0 Å². The standard InChI is InChI=1S/C10H14O3.C10H14O.C5H12.C4H10.4CH4/c1-10(2,3)6-4-7(11)9(13)8(12)5-6;1-10(2,3)8-4-6-9(11)7-5-8;1-5(2,3)4;1-4(2)3;;;;/h4-5,11-13H,1-3H3;4-7,11H,1-3H3;1-4H3;4H,1-3H3;4*1H4. The maximum absolute atomic E-state index is 9.23. The summed E-state index contributed by atoms with van der Waals surface area (Å²) in [6.45, 7) is 27.6. The molecule has 0 fully saturated rings. The first-order valence-electron chi connectivity index (χ1n) is 11.6. The molecule has 0 saturated carbocycles. The molecule has 2 aromatic rings. The van der Waals surface area contributed by atoms with E-state index in [0.717, 1.165) is 11.5 Å². The smallest absolute Gasteiger partial charge is 0.200 e. The molecule has 0 heterocycles. The Balaban J connectivity index is -0.0000000915. The predicted octanol–water partition coefficient (Wildman–Crippen LogP) is 11.0. The molecule has 222 valence electrons. The molecule has 37 heavy (non-hydrogen) atoms. The molecule has 0 aliphatic carbocycles. The molecule has 0 aromatic heterocycles. The van der Waals surface area contributed by atoms with Gasteiger partial charge in [-0.15, -0.1) is 0 Å². The third-order valence-corrected chi connectivity index (χ3v) is 3.67. The van der Waals surface area contributed by atoms with Crippen molar-refractivity contribution in [1.29, 1.82) is 0 Å². The number of hydrogen-bond donors (Lipinski definition) is 4. The van der Waals surface area contributed by atoms with Crippen molar-refractivity contribution in [3.8, 4) is 23.0 Å². The van der Waals surface area contributed by atoms with E-state index in [0.29, 0.717) is 11.2 Å². The fourth-order valence-corrected chi connectivity index (χ4v) is 2.00. The molecule has 0 radical (unpaired) electrons. The summed E-state index contributed by atoms with van der Waals surface area (Å²) in [6, 6.07) is 10.3. The topological polar surface area (TPSA) is 80.9 Å². The first kappa shape index (κ1) is 47.8. The van der Waals surface area contributed by atoms with Crippen LogP contribution in [-0.4, -0.2) is 20.4 Å². The fourth-order valence-electron chi connectivity index (χ4n) is 2.00. The molecule has 0 atom stereocenters. The van der Waals surface area contributed by atoms with Crippen LogP contribution in [0.2, 0.25) is 0 Å². The molecule has 0 aliphatic rings. The van der Waals surface area contributed by atoms with Crippen LogP contribution in [0.3, 0.4) is 0 Å². The third kappa shape index (κ3) is 26.5. The van der Waals surface area contributed by atoms with Gasteiger partial charge >= 0.3 is 0 Å². The Morgan fingerprint density at radius 1 is 0.514 bits per heavy atom. The third-order valence-electron chi connectivity index (χ3n) is 3.67. The molecule has 4 heteroatoms. The Bertz CT molecular complexity index is 768. The van der Waals surface area contributed by atoms with Crippen molar-refractivity contribution >= 4 is 0 Å². The molecule has 0 amide bonds. The van der Waals surface area contributed by atoms with Crippen LogP contribution in [0.5, 0.6) is 23.0 Å². The van der Waals surface area contributed by atoms with Gasteiger partial charge in [0, 0.05) is 0 Å². The van der Waals surface area contributed by atoms with Crippen LogP contribution in [0.4, 0.5) is 0 Å². The van der Waals surface area contributed by atoms with Crippen LogP contribution < -0.4 is 0 Å². The number of phenolic OH excluding ortho intramolecular Hbond substituents is 4. The maximum Gasteiger partial charge on any atom is 0.200 e. The molecule has 4 nitrogen and oxygen atoms in total. The molecular weight excluding hydrogens is 460 g/mol. The number of aromatic hydroxyl groups is 4. The average molecular weight is 527 g/mol. The first-order chi connectivity index (χ1) is 14.6. The molecular formula is C33H66O4. The normalized spacial score (nSPS) is 10.1. The van der Waals surface area contributed by atoms with E-state index in [1.165, 1.54) is 17.7 Å². The summed E-state index contributed by atoms with van der Waals surface area (Å²) in [7, 11) is 0. The summed E-state index contributed by atoms with van der Waals surface area (Å²) < 4.78 is 0. The quantitative estimate of drug-likeness (QED) is 0.257. The van der Waals surface area contributed by atoms with E-state index < -0.39 is 5.75 Å². The summed E-state index contributed by atoms with van der Waals surface area (Å²) in [4.78, 5) is 0. The van der Waals surface area contributed by atoms with Crippen molar-refractivity contribution < 1.29 is 20.4 Å². The van der Waals surface area contributed by atoms with Crippen molar-refractivity contribution in [2.75, 3.05) is 0 Å². The summed E-state index contributed by atoms with van der Waals surface area (Å²) in [5.41, 5.74) is 2.53. The molecule has 0 saturated heterocycles.